The van der Waals surface area contributed by atoms with Crippen molar-refractivity contribution in [3.05, 3.63) is 76.6 Å². The fraction of sp³-hybridized carbons (Fsp3) is 0.273. The molecule has 1 N–H and O–H groups in total. The first kappa shape index (κ1) is 18.1. The second kappa shape index (κ2) is 7.76. The second-order valence-corrected chi connectivity index (χ2v) is 6.85. The zero-order chi connectivity index (χ0) is 19.5. The van der Waals surface area contributed by atoms with Crippen molar-refractivity contribution in [2.24, 2.45) is 0 Å². The molecule has 0 aliphatic carbocycles. The molecule has 6 nitrogen and oxygen atoms in total. The summed E-state index contributed by atoms with van der Waals surface area (Å²) in [4.78, 5) is 12.8. The van der Waals surface area contributed by atoms with Crippen LogP contribution in [0, 0.1) is 13.8 Å². The molecule has 144 valence electrons. The van der Waals surface area contributed by atoms with Crippen molar-refractivity contribution < 1.29 is 14.3 Å². The monoisotopic (exact) mass is 377 g/mol. The summed E-state index contributed by atoms with van der Waals surface area (Å²) in [5.41, 5.74) is 4.34. The topological polar surface area (TPSA) is 65.4 Å². The number of benzene rings is 2. The van der Waals surface area contributed by atoms with Crippen LogP contribution < -0.4 is 14.8 Å². The van der Waals surface area contributed by atoms with E-state index in [0.29, 0.717) is 31.9 Å². The van der Waals surface area contributed by atoms with Crippen LogP contribution in [0.1, 0.15) is 32.9 Å². The zero-order valence-electron chi connectivity index (χ0n) is 16.1. The molecular formula is C22H23N3O3. The number of nitrogens with zero attached hydrogens (tertiary/aromatic N) is 2. The minimum atomic E-state index is -0.121. The summed E-state index contributed by atoms with van der Waals surface area (Å²) in [6.45, 7) is 5.97. The third-order valence-electron chi connectivity index (χ3n) is 4.84. The Kier molecular flexibility index (Phi) is 5.02. The van der Waals surface area contributed by atoms with E-state index in [9.17, 15) is 4.79 Å². The summed E-state index contributed by atoms with van der Waals surface area (Å²) >= 11 is 0. The number of amides is 1. The molecule has 28 heavy (non-hydrogen) atoms. The molecule has 2 heterocycles. The van der Waals surface area contributed by atoms with Crippen LogP contribution in [0.4, 0.5) is 0 Å². The fourth-order valence-corrected chi connectivity index (χ4v) is 3.40. The number of carbonyl (C=O) groups is 1. The van der Waals surface area contributed by atoms with Gasteiger partial charge in [0, 0.05) is 12.2 Å². The molecule has 1 aromatic heterocycles. The maximum atomic E-state index is 12.8. The Bertz CT molecular complexity index is 996. The van der Waals surface area contributed by atoms with Crippen LogP contribution in [0.25, 0.3) is 0 Å². The highest BCUT2D eigenvalue weighted by atomic mass is 16.6. The van der Waals surface area contributed by atoms with Gasteiger partial charge in [-0.3, -0.25) is 9.48 Å². The predicted octanol–water partition coefficient (Wildman–Crippen LogP) is 3.25. The Labute approximate surface area is 164 Å². The fourth-order valence-electron chi connectivity index (χ4n) is 3.40. The lowest BCUT2D eigenvalue weighted by atomic mass is 10.1. The first-order valence-electron chi connectivity index (χ1n) is 9.36. The van der Waals surface area contributed by atoms with Crippen LogP contribution in [0.5, 0.6) is 11.5 Å². The highest BCUT2D eigenvalue weighted by Crippen LogP contribution is 2.30. The number of nitrogens with one attached hydrogen (secondary N) is 1. The number of carbonyl (C=O) groups excluding carboxylic acids is 1. The van der Waals surface area contributed by atoms with Crippen LogP contribution >= 0.6 is 0 Å². The number of aryl methyl sites for hydroxylation is 1. The number of aromatic nitrogens is 2. The SMILES string of the molecule is Cc1nn(Cc2ccccc2)c(C)c1C(=O)NCc1ccc2c(c1)OCCO2. The van der Waals surface area contributed by atoms with E-state index in [1.54, 1.807) is 0 Å². The predicted molar refractivity (Wildman–Crippen MR) is 106 cm³/mol. The molecule has 0 saturated heterocycles. The lowest BCUT2D eigenvalue weighted by molar-refractivity contribution is 0.0949. The van der Waals surface area contributed by atoms with Crippen molar-refractivity contribution in [3.63, 3.8) is 0 Å². The quantitative estimate of drug-likeness (QED) is 0.741. The maximum Gasteiger partial charge on any atom is 0.255 e. The number of hydrogen-bond acceptors (Lipinski definition) is 4. The molecule has 1 aliphatic heterocycles. The van der Waals surface area contributed by atoms with Gasteiger partial charge in [0.05, 0.1) is 17.8 Å². The first-order valence-corrected chi connectivity index (χ1v) is 9.36. The lowest BCUT2D eigenvalue weighted by Crippen LogP contribution is -2.24. The Balaban J connectivity index is 1.46. The van der Waals surface area contributed by atoms with Gasteiger partial charge >= 0.3 is 0 Å². The summed E-state index contributed by atoms with van der Waals surface area (Å²) in [6, 6.07) is 15.8. The van der Waals surface area contributed by atoms with Gasteiger partial charge in [-0.1, -0.05) is 36.4 Å². The Hall–Kier alpha value is -3.28. The number of ether oxygens (including phenoxy) is 2. The van der Waals surface area contributed by atoms with E-state index in [2.05, 4.69) is 22.5 Å². The van der Waals surface area contributed by atoms with Crippen molar-refractivity contribution in [1.29, 1.82) is 0 Å². The third kappa shape index (κ3) is 3.71. The first-order chi connectivity index (χ1) is 13.6. The van der Waals surface area contributed by atoms with Crippen molar-refractivity contribution in [2.45, 2.75) is 26.9 Å². The molecule has 6 heteroatoms. The van der Waals surface area contributed by atoms with E-state index in [-0.39, 0.29) is 5.91 Å². The van der Waals surface area contributed by atoms with Gasteiger partial charge in [0.2, 0.25) is 0 Å². The molecule has 0 unspecified atom stereocenters. The van der Waals surface area contributed by atoms with Gasteiger partial charge in [0.25, 0.3) is 5.91 Å². The molecule has 1 aliphatic rings. The summed E-state index contributed by atoms with van der Waals surface area (Å²) in [6.07, 6.45) is 0. The van der Waals surface area contributed by atoms with Gasteiger partial charge in [-0.25, -0.2) is 0 Å². The Morgan fingerprint density at radius 1 is 1.04 bits per heavy atom. The minimum absolute atomic E-state index is 0.121. The molecule has 0 saturated carbocycles. The van der Waals surface area contributed by atoms with E-state index in [1.165, 1.54) is 0 Å². The molecule has 2 aromatic carbocycles. The van der Waals surface area contributed by atoms with Gasteiger partial charge in [-0.05, 0) is 37.1 Å². The van der Waals surface area contributed by atoms with Gasteiger partial charge < -0.3 is 14.8 Å². The van der Waals surface area contributed by atoms with Crippen molar-refractivity contribution in [3.8, 4) is 11.5 Å². The number of fused-ring (bicyclic) bond motifs is 1. The number of hydrogen-bond donors (Lipinski definition) is 1. The average Bonchev–Trinajstić information content (AvgIpc) is 3.00. The van der Waals surface area contributed by atoms with E-state index in [0.717, 1.165) is 34.0 Å². The lowest BCUT2D eigenvalue weighted by Gasteiger charge is -2.19. The smallest absolute Gasteiger partial charge is 0.255 e. The second-order valence-electron chi connectivity index (χ2n) is 6.85. The highest BCUT2D eigenvalue weighted by Gasteiger charge is 2.19. The molecule has 0 fully saturated rings. The largest absolute Gasteiger partial charge is 0.486 e. The average molecular weight is 377 g/mol. The van der Waals surface area contributed by atoms with Crippen molar-refractivity contribution in [1.82, 2.24) is 15.1 Å². The van der Waals surface area contributed by atoms with E-state index in [1.807, 2.05) is 54.9 Å². The Morgan fingerprint density at radius 3 is 2.57 bits per heavy atom. The number of rotatable bonds is 5. The molecule has 1 amide bonds. The molecule has 4 rings (SSSR count). The van der Waals surface area contributed by atoms with Crippen LogP contribution in [-0.2, 0) is 13.1 Å². The highest BCUT2D eigenvalue weighted by molar-refractivity contribution is 5.96. The van der Waals surface area contributed by atoms with Crippen LogP contribution in [0.3, 0.4) is 0 Å². The van der Waals surface area contributed by atoms with Gasteiger partial charge in [-0.2, -0.15) is 5.10 Å². The van der Waals surface area contributed by atoms with Gasteiger partial charge in [-0.15, -0.1) is 0 Å². The van der Waals surface area contributed by atoms with Crippen molar-refractivity contribution >= 4 is 5.91 Å². The van der Waals surface area contributed by atoms with E-state index in [4.69, 9.17) is 9.47 Å². The third-order valence-corrected chi connectivity index (χ3v) is 4.84. The van der Waals surface area contributed by atoms with Crippen LogP contribution in [0.15, 0.2) is 48.5 Å². The van der Waals surface area contributed by atoms with Gasteiger partial charge in [0.1, 0.15) is 13.2 Å². The van der Waals surface area contributed by atoms with Gasteiger partial charge in [0.15, 0.2) is 11.5 Å². The van der Waals surface area contributed by atoms with Crippen molar-refractivity contribution in [2.75, 3.05) is 13.2 Å². The molecular weight excluding hydrogens is 354 g/mol. The standard InChI is InChI=1S/C22H23N3O3/c1-15-21(16(2)25(24-15)14-17-6-4-3-5-7-17)22(26)23-13-18-8-9-19-20(12-18)28-11-10-27-19/h3-9,12H,10-11,13-14H2,1-2H3,(H,23,26). The summed E-state index contributed by atoms with van der Waals surface area (Å²) in [5, 5.41) is 7.55. The maximum absolute atomic E-state index is 12.8. The summed E-state index contributed by atoms with van der Waals surface area (Å²) < 4.78 is 13.0. The summed E-state index contributed by atoms with van der Waals surface area (Å²) in [5.74, 6) is 1.35. The van der Waals surface area contributed by atoms with Crippen LogP contribution in [-0.4, -0.2) is 28.9 Å². The molecule has 0 spiro atoms. The summed E-state index contributed by atoms with van der Waals surface area (Å²) in [7, 11) is 0. The normalized spacial score (nSPS) is 12.6. The zero-order valence-corrected chi connectivity index (χ0v) is 16.1. The molecule has 0 bridgehead atoms. The minimum Gasteiger partial charge on any atom is -0.486 e. The van der Waals surface area contributed by atoms with E-state index >= 15 is 0 Å². The van der Waals surface area contributed by atoms with E-state index < -0.39 is 0 Å². The molecule has 0 radical (unpaired) electrons. The Morgan fingerprint density at radius 2 is 1.79 bits per heavy atom. The molecule has 0 atom stereocenters. The molecule has 3 aromatic rings. The van der Waals surface area contributed by atoms with Crippen LogP contribution in [0.2, 0.25) is 0 Å².